The molecule has 128 valence electrons. The molecule has 0 unspecified atom stereocenters. The van der Waals surface area contributed by atoms with Crippen LogP contribution < -0.4 is 11.1 Å². The standard InChI is InChI=1S/C21H18N4O/c1-13-6-8-19(17(22)10-13)25-21(26)9-7-14-11-16-15-4-2-3-5-18(15)24-20(16)12-23-14/h2-12,24H,22H2,1H3,(H,25,26)/b9-7+. The summed E-state index contributed by atoms with van der Waals surface area (Å²) in [7, 11) is 0. The van der Waals surface area contributed by atoms with Crippen LogP contribution in [0.25, 0.3) is 27.9 Å². The lowest BCUT2D eigenvalue weighted by Crippen LogP contribution is -2.09. The van der Waals surface area contributed by atoms with Crippen molar-refractivity contribution in [3.63, 3.8) is 0 Å². The molecular formula is C21H18N4O. The van der Waals surface area contributed by atoms with Gasteiger partial charge in [0.05, 0.1) is 28.8 Å². The Labute approximate surface area is 150 Å². The topological polar surface area (TPSA) is 83.8 Å². The third-order valence-electron chi connectivity index (χ3n) is 4.28. The molecule has 0 aliphatic rings. The molecule has 2 aromatic heterocycles. The first-order valence-corrected chi connectivity index (χ1v) is 8.32. The first-order valence-electron chi connectivity index (χ1n) is 8.32. The van der Waals surface area contributed by atoms with Gasteiger partial charge in [-0.05, 0) is 42.8 Å². The molecule has 1 amide bonds. The van der Waals surface area contributed by atoms with Gasteiger partial charge in [0, 0.05) is 22.4 Å². The third kappa shape index (κ3) is 3.02. The second-order valence-corrected chi connectivity index (χ2v) is 6.24. The number of aryl methyl sites for hydroxylation is 1. The molecule has 0 fully saturated rings. The van der Waals surface area contributed by atoms with E-state index in [0.717, 1.165) is 27.4 Å². The largest absolute Gasteiger partial charge is 0.397 e. The summed E-state index contributed by atoms with van der Waals surface area (Å²) in [6, 6.07) is 15.6. The van der Waals surface area contributed by atoms with Crippen molar-refractivity contribution in [1.82, 2.24) is 9.97 Å². The molecule has 0 bridgehead atoms. The lowest BCUT2D eigenvalue weighted by molar-refractivity contribution is -0.111. The molecule has 0 aliphatic carbocycles. The van der Waals surface area contributed by atoms with E-state index in [9.17, 15) is 4.79 Å². The predicted octanol–water partition coefficient (Wildman–Crippen LogP) is 4.26. The fourth-order valence-electron chi connectivity index (χ4n) is 2.99. The lowest BCUT2D eigenvalue weighted by Gasteiger charge is -2.06. The zero-order valence-corrected chi connectivity index (χ0v) is 14.3. The van der Waals surface area contributed by atoms with E-state index >= 15 is 0 Å². The maximum absolute atomic E-state index is 12.2. The number of hydrogen-bond donors (Lipinski definition) is 3. The zero-order valence-electron chi connectivity index (χ0n) is 14.3. The van der Waals surface area contributed by atoms with Crippen LogP contribution in [0.5, 0.6) is 0 Å². The summed E-state index contributed by atoms with van der Waals surface area (Å²) in [5, 5.41) is 5.00. The maximum Gasteiger partial charge on any atom is 0.248 e. The first-order chi connectivity index (χ1) is 12.6. The van der Waals surface area contributed by atoms with E-state index in [4.69, 9.17) is 5.73 Å². The van der Waals surface area contributed by atoms with Gasteiger partial charge in [0.25, 0.3) is 0 Å². The number of anilines is 2. The SMILES string of the molecule is Cc1ccc(NC(=O)/C=C/c2cc3c(cn2)[nH]c2ccccc23)c(N)c1. The van der Waals surface area contributed by atoms with Crippen molar-refractivity contribution in [2.24, 2.45) is 0 Å². The second kappa shape index (κ2) is 6.37. The predicted molar refractivity (Wildman–Crippen MR) is 107 cm³/mol. The number of amides is 1. The number of nitrogens with two attached hydrogens (primary N) is 1. The van der Waals surface area contributed by atoms with Gasteiger partial charge in [0.1, 0.15) is 0 Å². The number of para-hydroxylation sites is 1. The fourth-order valence-corrected chi connectivity index (χ4v) is 2.99. The van der Waals surface area contributed by atoms with Gasteiger partial charge in [0.15, 0.2) is 0 Å². The van der Waals surface area contributed by atoms with Crippen molar-refractivity contribution < 1.29 is 4.79 Å². The van der Waals surface area contributed by atoms with Crippen LogP contribution in [0.15, 0.2) is 60.8 Å². The molecule has 4 rings (SSSR count). The molecule has 4 aromatic rings. The van der Waals surface area contributed by atoms with Crippen molar-refractivity contribution in [3.8, 4) is 0 Å². The van der Waals surface area contributed by atoms with Gasteiger partial charge in [-0.15, -0.1) is 0 Å². The fraction of sp³-hybridized carbons (Fsp3) is 0.0476. The number of carbonyl (C=O) groups is 1. The molecule has 26 heavy (non-hydrogen) atoms. The van der Waals surface area contributed by atoms with Crippen molar-refractivity contribution in [2.75, 3.05) is 11.1 Å². The summed E-state index contributed by atoms with van der Waals surface area (Å²) in [5.41, 5.74) is 10.9. The molecule has 0 saturated heterocycles. The van der Waals surface area contributed by atoms with Crippen LogP contribution in [0.4, 0.5) is 11.4 Å². The number of carbonyl (C=O) groups excluding carboxylic acids is 1. The van der Waals surface area contributed by atoms with Crippen LogP contribution in [0.1, 0.15) is 11.3 Å². The average molecular weight is 342 g/mol. The molecule has 0 saturated carbocycles. The Morgan fingerprint density at radius 3 is 2.81 bits per heavy atom. The normalized spacial score (nSPS) is 11.4. The number of nitrogens with zero attached hydrogens (tertiary/aromatic N) is 1. The van der Waals surface area contributed by atoms with Gasteiger partial charge in [-0.3, -0.25) is 9.78 Å². The molecule has 2 heterocycles. The zero-order chi connectivity index (χ0) is 18.1. The van der Waals surface area contributed by atoms with E-state index in [1.54, 1.807) is 18.3 Å². The van der Waals surface area contributed by atoms with Crippen LogP contribution in [-0.4, -0.2) is 15.9 Å². The highest BCUT2D eigenvalue weighted by atomic mass is 16.1. The van der Waals surface area contributed by atoms with Crippen LogP contribution in [0.3, 0.4) is 0 Å². The summed E-state index contributed by atoms with van der Waals surface area (Å²) < 4.78 is 0. The Bertz CT molecular complexity index is 1160. The smallest absolute Gasteiger partial charge is 0.248 e. The Balaban J connectivity index is 1.57. The number of hydrogen-bond acceptors (Lipinski definition) is 3. The summed E-state index contributed by atoms with van der Waals surface area (Å²) >= 11 is 0. The maximum atomic E-state index is 12.2. The Kier molecular flexibility index (Phi) is 3.89. The molecular weight excluding hydrogens is 324 g/mol. The molecule has 0 atom stereocenters. The summed E-state index contributed by atoms with van der Waals surface area (Å²) in [4.78, 5) is 19.9. The Hall–Kier alpha value is -3.60. The van der Waals surface area contributed by atoms with Crippen molar-refractivity contribution in [3.05, 3.63) is 72.1 Å². The Morgan fingerprint density at radius 2 is 1.96 bits per heavy atom. The highest BCUT2D eigenvalue weighted by molar-refractivity contribution is 6.08. The second-order valence-electron chi connectivity index (χ2n) is 6.24. The van der Waals surface area contributed by atoms with Gasteiger partial charge >= 0.3 is 0 Å². The van der Waals surface area contributed by atoms with E-state index < -0.39 is 0 Å². The minimum Gasteiger partial charge on any atom is -0.397 e. The van der Waals surface area contributed by atoms with Gasteiger partial charge in [0.2, 0.25) is 5.91 Å². The monoisotopic (exact) mass is 342 g/mol. The number of fused-ring (bicyclic) bond motifs is 3. The van der Waals surface area contributed by atoms with Crippen LogP contribution in [0.2, 0.25) is 0 Å². The van der Waals surface area contributed by atoms with Crippen LogP contribution in [0, 0.1) is 6.92 Å². The van der Waals surface area contributed by atoms with E-state index in [0.29, 0.717) is 17.1 Å². The lowest BCUT2D eigenvalue weighted by atomic mass is 10.1. The molecule has 2 aromatic carbocycles. The molecule has 5 heteroatoms. The van der Waals surface area contributed by atoms with E-state index in [1.807, 2.05) is 43.3 Å². The van der Waals surface area contributed by atoms with Gasteiger partial charge in [-0.1, -0.05) is 24.3 Å². The number of rotatable bonds is 3. The van der Waals surface area contributed by atoms with Crippen molar-refractivity contribution >= 4 is 45.2 Å². The van der Waals surface area contributed by atoms with Crippen molar-refractivity contribution in [1.29, 1.82) is 0 Å². The number of H-pyrrole nitrogens is 1. The number of benzene rings is 2. The van der Waals surface area contributed by atoms with E-state index in [1.165, 1.54) is 6.08 Å². The molecule has 0 aliphatic heterocycles. The Morgan fingerprint density at radius 1 is 1.12 bits per heavy atom. The summed E-state index contributed by atoms with van der Waals surface area (Å²) in [5.74, 6) is -0.249. The molecule has 0 radical (unpaired) electrons. The van der Waals surface area contributed by atoms with Crippen LogP contribution >= 0.6 is 0 Å². The highest BCUT2D eigenvalue weighted by Gasteiger charge is 2.05. The quantitative estimate of drug-likeness (QED) is 0.384. The van der Waals surface area contributed by atoms with Crippen molar-refractivity contribution in [2.45, 2.75) is 6.92 Å². The number of aromatic amines is 1. The number of nitrogen functional groups attached to an aromatic ring is 1. The van der Waals surface area contributed by atoms with Gasteiger partial charge < -0.3 is 16.0 Å². The van der Waals surface area contributed by atoms with Crippen LogP contribution in [-0.2, 0) is 4.79 Å². The number of nitrogens with one attached hydrogen (secondary N) is 2. The number of aromatic nitrogens is 2. The minimum absolute atomic E-state index is 0.249. The average Bonchev–Trinajstić information content (AvgIpc) is 3.00. The summed E-state index contributed by atoms with van der Waals surface area (Å²) in [6.07, 6.45) is 4.94. The molecule has 5 nitrogen and oxygen atoms in total. The molecule has 4 N–H and O–H groups in total. The number of pyridine rings is 1. The van der Waals surface area contributed by atoms with Gasteiger partial charge in [-0.25, -0.2) is 0 Å². The van der Waals surface area contributed by atoms with Gasteiger partial charge in [-0.2, -0.15) is 0 Å². The minimum atomic E-state index is -0.249. The van der Waals surface area contributed by atoms with E-state index in [2.05, 4.69) is 21.4 Å². The first kappa shape index (κ1) is 15.9. The molecule has 0 spiro atoms. The summed E-state index contributed by atoms with van der Waals surface area (Å²) in [6.45, 7) is 1.95. The highest BCUT2D eigenvalue weighted by Crippen LogP contribution is 2.25. The van der Waals surface area contributed by atoms with E-state index in [-0.39, 0.29) is 5.91 Å². The third-order valence-corrected chi connectivity index (χ3v) is 4.28.